The summed E-state index contributed by atoms with van der Waals surface area (Å²) < 4.78 is 2.11. The van der Waals surface area contributed by atoms with Crippen molar-refractivity contribution in [3.63, 3.8) is 0 Å². The Bertz CT molecular complexity index is 1590. The third-order valence-electron chi connectivity index (χ3n) is 6.32. The number of benzene rings is 3. The predicted molar refractivity (Wildman–Crippen MR) is 131 cm³/mol. The molecule has 0 atom stereocenters. The molecule has 0 aliphatic rings. The van der Waals surface area contributed by atoms with Crippen LogP contribution >= 0.6 is 0 Å². The van der Waals surface area contributed by atoms with Gasteiger partial charge in [0.05, 0.1) is 27.8 Å². The van der Waals surface area contributed by atoms with Gasteiger partial charge in [0.1, 0.15) is 0 Å². The average Bonchev–Trinajstić information content (AvgIpc) is 2.80. The van der Waals surface area contributed by atoms with Gasteiger partial charge in [0.25, 0.3) is 0 Å². The first-order valence-electron chi connectivity index (χ1n) is 10.9. The molecule has 5 heteroatoms. The van der Waals surface area contributed by atoms with Crippen molar-refractivity contribution in [1.82, 2.24) is 9.55 Å². The van der Waals surface area contributed by atoms with Crippen LogP contribution in [0.25, 0.3) is 43.6 Å². The second-order valence-corrected chi connectivity index (χ2v) is 7.83. The Hall–Kier alpha value is -3.60. The molecule has 0 aliphatic heterocycles. The Balaban J connectivity index is 1.97. The summed E-state index contributed by atoms with van der Waals surface area (Å²) in [6.45, 7) is 8.67. The third-order valence-corrected chi connectivity index (χ3v) is 6.32. The Labute approximate surface area is 179 Å². The van der Waals surface area contributed by atoms with E-state index in [1.165, 1.54) is 0 Å². The smallest absolute Gasteiger partial charge is 0.197 e. The van der Waals surface area contributed by atoms with Gasteiger partial charge in [-0.05, 0) is 57.2 Å². The fourth-order valence-corrected chi connectivity index (χ4v) is 4.77. The zero-order chi connectivity index (χ0) is 21.7. The number of rotatable bonds is 4. The number of nitrogens with zero attached hydrogens (tertiary/aromatic N) is 2. The summed E-state index contributed by atoms with van der Waals surface area (Å²) in [6, 6.07) is 17.2. The number of anilines is 1. The maximum atomic E-state index is 13.5. The van der Waals surface area contributed by atoms with E-state index >= 15 is 0 Å². The molecule has 0 bridgehead atoms. The van der Waals surface area contributed by atoms with Gasteiger partial charge < -0.3 is 14.5 Å². The highest BCUT2D eigenvalue weighted by Gasteiger charge is 2.15. The van der Waals surface area contributed by atoms with Crippen LogP contribution in [0.4, 0.5) is 5.69 Å². The SMILES string of the molecule is CCN(CC)c1cccc2c(=O)c3cc4c(cc3[nH]c12)c(=O)c1ccccc1n4CC. The first-order chi connectivity index (χ1) is 15.1. The standard InChI is InChI=1S/C26H25N3O2/c1-4-28(5-2)22-13-9-11-17-24(22)27-20-14-19-23(15-18(20)26(17)31)29(6-3)21-12-8-7-10-16(21)25(19)30/h7-15H,4-6H2,1-3H3,(H,27,31). The van der Waals surface area contributed by atoms with Crippen molar-refractivity contribution in [2.75, 3.05) is 18.0 Å². The third kappa shape index (κ3) is 2.76. The van der Waals surface area contributed by atoms with Crippen LogP contribution in [0.3, 0.4) is 0 Å². The van der Waals surface area contributed by atoms with Gasteiger partial charge in [-0.3, -0.25) is 9.59 Å². The summed E-state index contributed by atoms with van der Waals surface area (Å²) >= 11 is 0. The van der Waals surface area contributed by atoms with E-state index in [0.29, 0.717) is 33.6 Å². The van der Waals surface area contributed by atoms with Crippen molar-refractivity contribution in [3.05, 3.63) is 75.0 Å². The van der Waals surface area contributed by atoms with Crippen molar-refractivity contribution in [3.8, 4) is 0 Å². The lowest BCUT2D eigenvalue weighted by atomic mass is 10.0. The van der Waals surface area contributed by atoms with E-state index in [2.05, 4.69) is 35.2 Å². The second kappa shape index (κ2) is 7.27. The van der Waals surface area contributed by atoms with Crippen molar-refractivity contribution in [1.29, 1.82) is 0 Å². The minimum atomic E-state index is -0.0112. The Morgan fingerprint density at radius 2 is 1.48 bits per heavy atom. The Kier molecular flexibility index (Phi) is 4.54. The van der Waals surface area contributed by atoms with Gasteiger partial charge in [-0.15, -0.1) is 0 Å². The van der Waals surface area contributed by atoms with E-state index in [1.807, 2.05) is 54.6 Å². The van der Waals surface area contributed by atoms with Gasteiger partial charge in [-0.1, -0.05) is 18.2 Å². The van der Waals surface area contributed by atoms with Crippen LogP contribution in [0, 0.1) is 0 Å². The normalized spacial score (nSPS) is 11.7. The molecular formula is C26H25N3O2. The average molecular weight is 412 g/mol. The molecule has 0 radical (unpaired) electrons. The highest BCUT2D eigenvalue weighted by molar-refractivity contribution is 6.05. The van der Waals surface area contributed by atoms with E-state index in [-0.39, 0.29) is 10.9 Å². The van der Waals surface area contributed by atoms with Crippen LogP contribution in [0.1, 0.15) is 20.8 Å². The number of H-pyrrole nitrogens is 1. The van der Waals surface area contributed by atoms with E-state index in [9.17, 15) is 9.59 Å². The summed E-state index contributed by atoms with van der Waals surface area (Å²) in [6.07, 6.45) is 0. The van der Waals surface area contributed by atoms with Crippen molar-refractivity contribution in [2.24, 2.45) is 0 Å². The number of pyridine rings is 2. The summed E-state index contributed by atoms with van der Waals surface area (Å²) in [4.78, 5) is 32.5. The largest absolute Gasteiger partial charge is 0.370 e. The number of para-hydroxylation sites is 2. The number of hydrogen-bond donors (Lipinski definition) is 1. The van der Waals surface area contributed by atoms with Crippen molar-refractivity contribution < 1.29 is 0 Å². The molecule has 0 saturated carbocycles. The molecule has 0 saturated heterocycles. The van der Waals surface area contributed by atoms with Crippen LogP contribution in [0.2, 0.25) is 0 Å². The lowest BCUT2D eigenvalue weighted by Gasteiger charge is -2.22. The lowest BCUT2D eigenvalue weighted by Crippen LogP contribution is -2.22. The summed E-state index contributed by atoms with van der Waals surface area (Å²) in [5, 5.41) is 2.60. The topological polar surface area (TPSA) is 58.1 Å². The fourth-order valence-electron chi connectivity index (χ4n) is 4.77. The van der Waals surface area contributed by atoms with E-state index in [1.54, 1.807) is 0 Å². The molecule has 2 heterocycles. The number of aromatic nitrogens is 2. The molecule has 0 amide bonds. The zero-order valence-electron chi connectivity index (χ0n) is 18.0. The predicted octanol–water partition coefficient (Wildman–Crippen LogP) is 5.02. The first-order valence-corrected chi connectivity index (χ1v) is 10.9. The second-order valence-electron chi connectivity index (χ2n) is 7.83. The summed E-state index contributed by atoms with van der Waals surface area (Å²) in [5.41, 5.74) is 4.19. The molecule has 5 aromatic rings. The lowest BCUT2D eigenvalue weighted by molar-refractivity contribution is 0.821. The molecule has 5 rings (SSSR count). The molecule has 5 nitrogen and oxygen atoms in total. The highest BCUT2D eigenvalue weighted by Crippen LogP contribution is 2.28. The van der Waals surface area contributed by atoms with Gasteiger partial charge in [-0.25, -0.2) is 0 Å². The summed E-state index contributed by atoms with van der Waals surface area (Å²) in [7, 11) is 0. The Morgan fingerprint density at radius 1 is 0.774 bits per heavy atom. The molecule has 3 aromatic carbocycles. The molecule has 0 unspecified atom stereocenters. The zero-order valence-corrected chi connectivity index (χ0v) is 18.0. The Morgan fingerprint density at radius 3 is 2.23 bits per heavy atom. The molecule has 31 heavy (non-hydrogen) atoms. The van der Waals surface area contributed by atoms with Crippen LogP contribution in [0.15, 0.2) is 64.2 Å². The van der Waals surface area contributed by atoms with Gasteiger partial charge in [-0.2, -0.15) is 0 Å². The molecule has 0 spiro atoms. The van der Waals surface area contributed by atoms with Gasteiger partial charge in [0.15, 0.2) is 10.9 Å². The number of nitrogens with one attached hydrogen (secondary N) is 1. The van der Waals surface area contributed by atoms with Crippen molar-refractivity contribution in [2.45, 2.75) is 27.3 Å². The minimum Gasteiger partial charge on any atom is -0.370 e. The van der Waals surface area contributed by atoms with Crippen LogP contribution in [0.5, 0.6) is 0 Å². The fraction of sp³-hybridized carbons (Fsp3) is 0.231. The first kappa shape index (κ1) is 19.4. The maximum Gasteiger partial charge on any atom is 0.197 e. The molecule has 156 valence electrons. The highest BCUT2D eigenvalue weighted by atomic mass is 16.1. The van der Waals surface area contributed by atoms with Crippen LogP contribution < -0.4 is 15.8 Å². The van der Waals surface area contributed by atoms with Crippen molar-refractivity contribution >= 4 is 49.3 Å². The molecule has 1 N–H and O–H groups in total. The van der Waals surface area contributed by atoms with Crippen LogP contribution in [-0.4, -0.2) is 22.6 Å². The van der Waals surface area contributed by atoms with E-state index < -0.39 is 0 Å². The number of aryl methyl sites for hydroxylation is 1. The minimum absolute atomic E-state index is 0.00447. The van der Waals surface area contributed by atoms with Gasteiger partial charge >= 0.3 is 0 Å². The summed E-state index contributed by atoms with van der Waals surface area (Å²) in [5.74, 6) is 0. The molecule has 0 fully saturated rings. The molecule has 0 aliphatic carbocycles. The molecule has 2 aromatic heterocycles. The van der Waals surface area contributed by atoms with E-state index in [4.69, 9.17) is 0 Å². The molecular weight excluding hydrogens is 386 g/mol. The number of aromatic amines is 1. The quantitative estimate of drug-likeness (QED) is 0.423. The monoisotopic (exact) mass is 411 g/mol. The van der Waals surface area contributed by atoms with Gasteiger partial charge in [0.2, 0.25) is 0 Å². The van der Waals surface area contributed by atoms with Gasteiger partial charge in [0, 0.05) is 41.2 Å². The van der Waals surface area contributed by atoms with Crippen LogP contribution in [-0.2, 0) is 6.54 Å². The van der Waals surface area contributed by atoms with E-state index in [0.717, 1.165) is 35.3 Å². The number of hydrogen-bond acceptors (Lipinski definition) is 3. The number of fused-ring (bicyclic) bond motifs is 4. The maximum absolute atomic E-state index is 13.5.